The van der Waals surface area contributed by atoms with Gasteiger partial charge in [-0.3, -0.25) is 14.8 Å². The quantitative estimate of drug-likeness (QED) is 0.664. The van der Waals surface area contributed by atoms with Gasteiger partial charge in [0.2, 0.25) is 5.91 Å². The van der Waals surface area contributed by atoms with Crippen molar-refractivity contribution in [3.8, 4) is 11.1 Å². The van der Waals surface area contributed by atoms with Gasteiger partial charge in [0.05, 0.1) is 11.2 Å². The van der Waals surface area contributed by atoms with Crippen LogP contribution < -0.4 is 16.0 Å². The first-order valence-electron chi connectivity index (χ1n) is 12.0. The highest BCUT2D eigenvalue weighted by atomic mass is 35.5. The molecular formula is C22H29ClN6O2. The molecule has 1 aliphatic carbocycles. The first-order valence-corrected chi connectivity index (χ1v) is 10.9. The standard InChI is InChI=1S/C22H29ClN6O2/c1-13(30)26-14-4-6-15(7-5-14)27-21(31)28-20-8-16(18(23)11-24-20)17-10-25-29-12-22(2,3)9-19(17)29/h8,10-11,14-15H,4-7,9,12H2,1-3H3,(H,26,30)(H2,24,27,28,31)/i1D3. The summed E-state index contributed by atoms with van der Waals surface area (Å²) in [6.45, 7) is 2.60. The summed E-state index contributed by atoms with van der Waals surface area (Å²) in [6.07, 6.45) is 6.68. The maximum atomic E-state index is 12.6. The van der Waals surface area contributed by atoms with Crippen molar-refractivity contribution in [2.45, 2.75) is 71.4 Å². The van der Waals surface area contributed by atoms with Crippen LogP contribution in [-0.4, -0.2) is 38.8 Å². The predicted molar refractivity (Wildman–Crippen MR) is 120 cm³/mol. The number of nitrogens with zero attached hydrogens (tertiary/aromatic N) is 3. The first kappa shape index (κ1) is 18.0. The molecule has 0 atom stereocenters. The highest BCUT2D eigenvalue weighted by molar-refractivity contribution is 6.33. The third-order valence-corrected chi connectivity index (χ3v) is 6.26. The largest absolute Gasteiger partial charge is 0.354 e. The Labute approximate surface area is 191 Å². The van der Waals surface area contributed by atoms with Crippen molar-refractivity contribution >= 4 is 29.4 Å². The van der Waals surface area contributed by atoms with Crippen LogP contribution in [-0.2, 0) is 17.8 Å². The van der Waals surface area contributed by atoms with Crippen molar-refractivity contribution in [3.05, 3.63) is 29.2 Å². The molecule has 3 amide bonds. The van der Waals surface area contributed by atoms with E-state index < -0.39 is 12.8 Å². The predicted octanol–water partition coefficient (Wildman–Crippen LogP) is 3.75. The Bertz CT molecular complexity index is 1090. The Morgan fingerprint density at radius 1 is 1.16 bits per heavy atom. The minimum atomic E-state index is -2.65. The lowest BCUT2D eigenvalue weighted by Gasteiger charge is -2.29. The van der Waals surface area contributed by atoms with Crippen LogP contribution in [0.4, 0.5) is 10.6 Å². The molecule has 166 valence electrons. The van der Waals surface area contributed by atoms with E-state index in [2.05, 4.69) is 39.9 Å². The fourth-order valence-corrected chi connectivity index (χ4v) is 4.70. The monoisotopic (exact) mass is 447 g/mol. The van der Waals surface area contributed by atoms with Crippen molar-refractivity contribution in [2.24, 2.45) is 5.41 Å². The number of rotatable bonds is 4. The lowest BCUT2D eigenvalue weighted by molar-refractivity contribution is -0.119. The number of aromatic nitrogens is 3. The molecule has 3 heterocycles. The number of carbonyl (C=O) groups is 2. The molecule has 0 bridgehead atoms. The molecule has 2 aromatic rings. The van der Waals surface area contributed by atoms with Crippen molar-refractivity contribution < 1.29 is 13.7 Å². The number of fused-ring (bicyclic) bond motifs is 1. The second kappa shape index (κ2) is 8.49. The van der Waals surface area contributed by atoms with Crippen LogP contribution in [0.1, 0.15) is 56.2 Å². The fourth-order valence-electron chi connectivity index (χ4n) is 4.49. The number of hydrogen-bond donors (Lipinski definition) is 3. The van der Waals surface area contributed by atoms with E-state index in [-0.39, 0.29) is 23.5 Å². The summed E-state index contributed by atoms with van der Waals surface area (Å²) in [6, 6.07) is 1.11. The van der Waals surface area contributed by atoms with Crippen molar-refractivity contribution in [1.82, 2.24) is 25.4 Å². The number of anilines is 1. The molecule has 8 nitrogen and oxygen atoms in total. The third-order valence-electron chi connectivity index (χ3n) is 5.96. The van der Waals surface area contributed by atoms with Crippen LogP contribution in [0.2, 0.25) is 5.02 Å². The van der Waals surface area contributed by atoms with Crippen LogP contribution >= 0.6 is 11.6 Å². The van der Waals surface area contributed by atoms with Gasteiger partial charge in [-0.05, 0) is 43.6 Å². The summed E-state index contributed by atoms with van der Waals surface area (Å²) in [5.74, 6) is -0.549. The Morgan fingerprint density at radius 3 is 2.58 bits per heavy atom. The highest BCUT2D eigenvalue weighted by Gasteiger charge is 2.32. The highest BCUT2D eigenvalue weighted by Crippen LogP contribution is 2.39. The maximum Gasteiger partial charge on any atom is 0.320 e. The Balaban J connectivity index is 1.34. The zero-order chi connectivity index (χ0) is 24.7. The summed E-state index contributed by atoms with van der Waals surface area (Å²) in [5, 5.41) is 13.3. The van der Waals surface area contributed by atoms with Gasteiger partial charge in [0, 0.05) is 52.6 Å². The van der Waals surface area contributed by atoms with Gasteiger partial charge >= 0.3 is 6.03 Å². The summed E-state index contributed by atoms with van der Waals surface area (Å²) in [7, 11) is 0. The van der Waals surface area contributed by atoms with E-state index in [0.717, 1.165) is 29.8 Å². The first-order chi connectivity index (χ1) is 15.9. The average molecular weight is 448 g/mol. The van der Waals surface area contributed by atoms with Crippen molar-refractivity contribution in [1.29, 1.82) is 0 Å². The second-order valence-electron chi connectivity index (χ2n) is 9.17. The van der Waals surface area contributed by atoms with Crippen LogP contribution in [0.5, 0.6) is 0 Å². The molecule has 31 heavy (non-hydrogen) atoms. The molecule has 1 aliphatic heterocycles. The molecule has 9 heteroatoms. The van der Waals surface area contributed by atoms with E-state index in [1.807, 2.05) is 4.68 Å². The minimum absolute atomic E-state index is 0.0751. The molecule has 2 aliphatic rings. The minimum Gasteiger partial charge on any atom is -0.354 e. The third kappa shape index (κ3) is 5.01. The SMILES string of the molecule is [2H]C([2H])([2H])C(=O)NC1CCC(NC(=O)Nc2cc(-c3cnn4c3CC(C)(C)C4)c(Cl)cn2)CC1. The van der Waals surface area contributed by atoms with Gasteiger partial charge in [-0.1, -0.05) is 25.4 Å². The van der Waals surface area contributed by atoms with E-state index in [1.165, 1.54) is 6.20 Å². The number of urea groups is 1. The number of nitrogens with one attached hydrogen (secondary N) is 3. The van der Waals surface area contributed by atoms with E-state index in [1.54, 1.807) is 12.3 Å². The molecule has 2 aromatic heterocycles. The summed E-state index contributed by atoms with van der Waals surface area (Å²) in [4.78, 5) is 28.5. The molecular weight excluding hydrogens is 416 g/mol. The van der Waals surface area contributed by atoms with Crippen molar-refractivity contribution in [3.63, 3.8) is 0 Å². The van der Waals surface area contributed by atoms with Gasteiger partial charge in [-0.25, -0.2) is 9.78 Å². The van der Waals surface area contributed by atoms with Gasteiger partial charge in [0.25, 0.3) is 0 Å². The van der Waals surface area contributed by atoms with E-state index in [9.17, 15) is 9.59 Å². The van der Waals surface area contributed by atoms with E-state index in [0.29, 0.717) is 36.5 Å². The molecule has 0 unspecified atom stereocenters. The molecule has 1 fully saturated rings. The lowest BCUT2D eigenvalue weighted by atomic mass is 9.89. The van der Waals surface area contributed by atoms with Gasteiger partial charge in [0.15, 0.2) is 0 Å². The Kier molecular flexibility index (Phi) is 4.93. The number of halogens is 1. The molecule has 0 aromatic carbocycles. The van der Waals surface area contributed by atoms with Gasteiger partial charge in [0.1, 0.15) is 5.82 Å². The van der Waals surface area contributed by atoms with Gasteiger partial charge in [-0.15, -0.1) is 0 Å². The molecule has 1 saturated carbocycles. The summed E-state index contributed by atoms with van der Waals surface area (Å²) in [5.41, 5.74) is 2.97. The zero-order valence-electron chi connectivity index (χ0n) is 20.7. The van der Waals surface area contributed by atoms with Crippen LogP contribution in [0.15, 0.2) is 18.5 Å². The van der Waals surface area contributed by atoms with E-state index >= 15 is 0 Å². The normalized spacial score (nSPS) is 23.8. The Hall–Kier alpha value is -2.61. The topological polar surface area (TPSA) is 101 Å². The Morgan fingerprint density at radius 2 is 1.87 bits per heavy atom. The lowest BCUT2D eigenvalue weighted by Crippen LogP contribution is -2.44. The number of pyridine rings is 1. The molecule has 4 rings (SSSR count). The molecule has 0 spiro atoms. The smallest absolute Gasteiger partial charge is 0.320 e. The average Bonchev–Trinajstić information content (AvgIpc) is 3.25. The van der Waals surface area contributed by atoms with E-state index in [4.69, 9.17) is 15.7 Å². The number of amides is 3. The fraction of sp³-hybridized carbons (Fsp3) is 0.545. The molecule has 0 saturated heterocycles. The summed E-state index contributed by atoms with van der Waals surface area (Å²) >= 11 is 6.44. The second-order valence-corrected chi connectivity index (χ2v) is 9.58. The van der Waals surface area contributed by atoms with Crippen LogP contribution in [0, 0.1) is 5.41 Å². The van der Waals surface area contributed by atoms with Gasteiger partial charge < -0.3 is 10.6 Å². The maximum absolute atomic E-state index is 12.6. The van der Waals surface area contributed by atoms with Crippen LogP contribution in [0.3, 0.4) is 0 Å². The number of hydrogen-bond acceptors (Lipinski definition) is 4. The summed E-state index contributed by atoms with van der Waals surface area (Å²) < 4.78 is 23.5. The van der Waals surface area contributed by atoms with Crippen molar-refractivity contribution in [2.75, 3.05) is 5.32 Å². The van der Waals surface area contributed by atoms with Crippen LogP contribution in [0.25, 0.3) is 11.1 Å². The van der Waals surface area contributed by atoms with Gasteiger partial charge in [-0.2, -0.15) is 5.10 Å². The zero-order valence-corrected chi connectivity index (χ0v) is 18.4. The number of carbonyl (C=O) groups excluding carboxylic acids is 2. The molecule has 3 N–H and O–H groups in total. The molecule has 0 radical (unpaired) electrons.